The van der Waals surface area contributed by atoms with E-state index in [2.05, 4.69) is 16.4 Å². The van der Waals surface area contributed by atoms with Crippen molar-refractivity contribution in [2.24, 2.45) is 0 Å². The van der Waals surface area contributed by atoms with Crippen LogP contribution in [0.15, 0.2) is 48.7 Å². The van der Waals surface area contributed by atoms with Gasteiger partial charge >= 0.3 is 0 Å². The number of hydrogen-bond acceptors (Lipinski definition) is 5. The van der Waals surface area contributed by atoms with E-state index in [9.17, 15) is 5.26 Å². The molecule has 0 aliphatic heterocycles. The van der Waals surface area contributed by atoms with Crippen LogP contribution >= 0.6 is 0 Å². The number of nitriles is 1. The molecule has 0 spiro atoms. The van der Waals surface area contributed by atoms with Crippen LogP contribution in [-0.4, -0.2) is 19.2 Å². The lowest BCUT2D eigenvalue weighted by Gasteiger charge is -2.13. The molecule has 0 amide bonds. The first-order chi connectivity index (χ1) is 11.3. The molecule has 0 fully saturated rings. The third-order valence-electron chi connectivity index (χ3n) is 3.54. The Morgan fingerprint density at radius 2 is 1.91 bits per heavy atom. The maximum atomic E-state index is 9.40. The molecule has 5 nitrogen and oxygen atoms in total. The smallest absolute Gasteiger partial charge is 0.145 e. The maximum Gasteiger partial charge on any atom is 0.145 e. The number of aromatic nitrogens is 1. The Kier molecular flexibility index (Phi) is 3.98. The molecule has 0 atom stereocenters. The van der Waals surface area contributed by atoms with Crippen LogP contribution in [0.5, 0.6) is 11.5 Å². The highest BCUT2D eigenvalue weighted by molar-refractivity contribution is 5.98. The molecular formula is C18H15N3O2. The Morgan fingerprint density at radius 1 is 1.09 bits per heavy atom. The molecule has 2 aromatic carbocycles. The molecule has 0 aliphatic rings. The summed E-state index contributed by atoms with van der Waals surface area (Å²) in [4.78, 5) is 4.35. The first-order valence-corrected chi connectivity index (χ1v) is 7.03. The lowest BCUT2D eigenvalue weighted by atomic mass is 10.1. The van der Waals surface area contributed by atoms with Crippen molar-refractivity contribution in [1.82, 2.24) is 4.98 Å². The van der Waals surface area contributed by atoms with Crippen molar-refractivity contribution >= 4 is 22.3 Å². The fraction of sp³-hybridized carbons (Fsp3) is 0.111. The van der Waals surface area contributed by atoms with Crippen molar-refractivity contribution in [2.75, 3.05) is 19.5 Å². The molecule has 1 heterocycles. The third-order valence-corrected chi connectivity index (χ3v) is 3.54. The molecule has 1 N–H and O–H groups in total. The zero-order chi connectivity index (χ0) is 16.2. The number of para-hydroxylation sites is 1. The van der Waals surface area contributed by atoms with Gasteiger partial charge in [0.2, 0.25) is 0 Å². The standard InChI is InChI=1S/C18H15N3O2/c1-22-14-6-3-5-13(9-14)21-17-12(10-19)11-20-18-15(17)7-4-8-16(18)23-2/h3-9,11H,1-2H3,(H,20,21). The maximum absolute atomic E-state index is 9.40. The number of hydrogen-bond donors (Lipinski definition) is 1. The van der Waals surface area contributed by atoms with Gasteiger partial charge in [0.25, 0.3) is 0 Å². The summed E-state index contributed by atoms with van der Waals surface area (Å²) in [6.45, 7) is 0. The van der Waals surface area contributed by atoms with Crippen molar-refractivity contribution in [2.45, 2.75) is 0 Å². The second-order valence-corrected chi connectivity index (χ2v) is 4.87. The van der Waals surface area contributed by atoms with Crippen LogP contribution < -0.4 is 14.8 Å². The molecule has 23 heavy (non-hydrogen) atoms. The van der Waals surface area contributed by atoms with Gasteiger partial charge < -0.3 is 14.8 Å². The van der Waals surface area contributed by atoms with E-state index in [4.69, 9.17) is 9.47 Å². The average Bonchev–Trinajstić information content (AvgIpc) is 2.61. The lowest BCUT2D eigenvalue weighted by molar-refractivity contribution is 0.415. The van der Waals surface area contributed by atoms with E-state index in [0.29, 0.717) is 22.5 Å². The molecule has 1 aromatic heterocycles. The van der Waals surface area contributed by atoms with Gasteiger partial charge in [0, 0.05) is 23.3 Å². The number of anilines is 2. The summed E-state index contributed by atoms with van der Waals surface area (Å²) in [5.41, 5.74) is 2.70. The molecular weight excluding hydrogens is 290 g/mol. The van der Waals surface area contributed by atoms with Gasteiger partial charge in [0.15, 0.2) is 0 Å². The molecule has 5 heteroatoms. The Bertz CT molecular complexity index is 900. The predicted molar refractivity (Wildman–Crippen MR) is 89.3 cm³/mol. The highest BCUT2D eigenvalue weighted by atomic mass is 16.5. The molecule has 0 saturated heterocycles. The topological polar surface area (TPSA) is 67.2 Å². The van der Waals surface area contributed by atoms with E-state index in [-0.39, 0.29) is 0 Å². The van der Waals surface area contributed by atoms with Gasteiger partial charge in [-0.1, -0.05) is 18.2 Å². The summed E-state index contributed by atoms with van der Waals surface area (Å²) in [5, 5.41) is 13.5. The van der Waals surface area contributed by atoms with E-state index in [1.165, 1.54) is 0 Å². The van der Waals surface area contributed by atoms with E-state index in [0.717, 1.165) is 16.8 Å². The van der Waals surface area contributed by atoms with E-state index < -0.39 is 0 Å². The van der Waals surface area contributed by atoms with Gasteiger partial charge in [0.05, 0.1) is 25.5 Å². The number of ether oxygens (including phenoxy) is 2. The molecule has 114 valence electrons. The number of benzene rings is 2. The summed E-state index contributed by atoms with van der Waals surface area (Å²) < 4.78 is 10.6. The van der Waals surface area contributed by atoms with Crippen LogP contribution in [0, 0.1) is 11.3 Å². The van der Waals surface area contributed by atoms with Crippen molar-refractivity contribution in [3.63, 3.8) is 0 Å². The Labute approximate surface area is 134 Å². The zero-order valence-electron chi connectivity index (χ0n) is 12.8. The molecule has 0 radical (unpaired) electrons. The molecule has 3 rings (SSSR count). The molecule has 0 aliphatic carbocycles. The van der Waals surface area contributed by atoms with Crippen LogP contribution in [-0.2, 0) is 0 Å². The van der Waals surface area contributed by atoms with Crippen molar-refractivity contribution in [1.29, 1.82) is 5.26 Å². The quantitative estimate of drug-likeness (QED) is 0.792. The van der Waals surface area contributed by atoms with Gasteiger partial charge in [-0.2, -0.15) is 5.26 Å². The zero-order valence-corrected chi connectivity index (χ0v) is 12.8. The van der Waals surface area contributed by atoms with E-state index >= 15 is 0 Å². The minimum atomic E-state index is 0.466. The summed E-state index contributed by atoms with van der Waals surface area (Å²) in [5.74, 6) is 1.41. The molecule has 0 bridgehead atoms. The Balaban J connectivity index is 2.16. The fourth-order valence-corrected chi connectivity index (χ4v) is 2.43. The first kappa shape index (κ1) is 14.7. The minimum absolute atomic E-state index is 0.466. The van der Waals surface area contributed by atoms with Gasteiger partial charge in [0.1, 0.15) is 23.1 Å². The Hall–Kier alpha value is -3.26. The number of fused-ring (bicyclic) bond motifs is 1. The summed E-state index contributed by atoms with van der Waals surface area (Å²) in [6.07, 6.45) is 1.55. The fourth-order valence-electron chi connectivity index (χ4n) is 2.43. The van der Waals surface area contributed by atoms with Crippen molar-refractivity contribution in [3.8, 4) is 17.6 Å². The number of methoxy groups -OCH3 is 2. The largest absolute Gasteiger partial charge is 0.497 e. The number of nitrogens with one attached hydrogen (secondary N) is 1. The molecule has 0 saturated carbocycles. The van der Waals surface area contributed by atoms with Crippen LogP contribution in [0.25, 0.3) is 10.9 Å². The highest BCUT2D eigenvalue weighted by Gasteiger charge is 2.12. The minimum Gasteiger partial charge on any atom is -0.497 e. The van der Waals surface area contributed by atoms with E-state index in [1.807, 2.05) is 42.5 Å². The van der Waals surface area contributed by atoms with Gasteiger partial charge in [-0.3, -0.25) is 4.98 Å². The lowest BCUT2D eigenvalue weighted by Crippen LogP contribution is -1.98. The van der Waals surface area contributed by atoms with Crippen molar-refractivity contribution < 1.29 is 9.47 Å². The molecule has 3 aromatic rings. The number of nitrogens with zero attached hydrogens (tertiary/aromatic N) is 2. The average molecular weight is 305 g/mol. The third kappa shape index (κ3) is 2.74. The van der Waals surface area contributed by atoms with Gasteiger partial charge in [-0.05, 0) is 18.2 Å². The Morgan fingerprint density at radius 3 is 2.65 bits per heavy atom. The second-order valence-electron chi connectivity index (χ2n) is 4.87. The molecule has 0 unspecified atom stereocenters. The van der Waals surface area contributed by atoms with Crippen LogP contribution in [0.2, 0.25) is 0 Å². The number of rotatable bonds is 4. The van der Waals surface area contributed by atoms with Gasteiger partial charge in [-0.25, -0.2) is 0 Å². The number of pyridine rings is 1. The SMILES string of the molecule is COc1cccc(Nc2c(C#N)cnc3c(OC)cccc23)c1. The highest BCUT2D eigenvalue weighted by Crippen LogP contribution is 2.33. The summed E-state index contributed by atoms with van der Waals surface area (Å²) >= 11 is 0. The van der Waals surface area contributed by atoms with Crippen LogP contribution in [0.4, 0.5) is 11.4 Å². The first-order valence-electron chi connectivity index (χ1n) is 7.03. The van der Waals surface area contributed by atoms with E-state index in [1.54, 1.807) is 20.4 Å². The summed E-state index contributed by atoms with van der Waals surface area (Å²) in [7, 11) is 3.22. The van der Waals surface area contributed by atoms with Gasteiger partial charge in [-0.15, -0.1) is 0 Å². The summed E-state index contributed by atoms with van der Waals surface area (Å²) in [6, 6.07) is 15.3. The normalized spacial score (nSPS) is 10.1. The predicted octanol–water partition coefficient (Wildman–Crippen LogP) is 3.87. The monoisotopic (exact) mass is 305 g/mol. The van der Waals surface area contributed by atoms with Crippen molar-refractivity contribution in [3.05, 3.63) is 54.2 Å². The van der Waals surface area contributed by atoms with Crippen LogP contribution in [0.1, 0.15) is 5.56 Å². The second kappa shape index (κ2) is 6.24. The van der Waals surface area contributed by atoms with Crippen LogP contribution in [0.3, 0.4) is 0 Å².